The summed E-state index contributed by atoms with van der Waals surface area (Å²) in [6.45, 7) is 4.63. The van der Waals surface area contributed by atoms with E-state index < -0.39 is 0 Å². The summed E-state index contributed by atoms with van der Waals surface area (Å²) in [6, 6.07) is 7.61. The molecule has 2 unspecified atom stereocenters. The topological polar surface area (TPSA) is 87.8 Å². The lowest BCUT2D eigenvalue weighted by molar-refractivity contribution is -0.127. The molecule has 2 atom stereocenters. The summed E-state index contributed by atoms with van der Waals surface area (Å²) in [6.07, 6.45) is 3.41. The quantitative estimate of drug-likeness (QED) is 0.475. The molecule has 124 valence electrons. The maximum atomic E-state index is 12.5. The van der Waals surface area contributed by atoms with Crippen LogP contribution < -0.4 is 16.1 Å². The third-order valence-corrected chi connectivity index (χ3v) is 4.20. The highest BCUT2D eigenvalue weighted by molar-refractivity contribution is 5.99. The van der Waals surface area contributed by atoms with Crippen molar-refractivity contribution in [3.8, 4) is 0 Å². The van der Waals surface area contributed by atoms with Crippen molar-refractivity contribution < 1.29 is 9.59 Å². The molecule has 0 saturated carbocycles. The molecule has 6 nitrogen and oxygen atoms in total. The largest absolute Gasteiger partial charge is 0.354 e. The molecule has 0 aliphatic carbocycles. The predicted molar refractivity (Wildman–Crippen MR) is 91.2 cm³/mol. The minimum Gasteiger partial charge on any atom is -0.354 e. The number of anilines is 1. The van der Waals surface area contributed by atoms with E-state index in [9.17, 15) is 9.59 Å². The van der Waals surface area contributed by atoms with Gasteiger partial charge in [0.15, 0.2) is 0 Å². The Balaban J connectivity index is 1.97. The van der Waals surface area contributed by atoms with Gasteiger partial charge in [0, 0.05) is 30.6 Å². The smallest absolute Gasteiger partial charge is 0.230 e. The molecule has 1 saturated heterocycles. The number of nitrogens with two attached hydrogens (primary N) is 1. The van der Waals surface area contributed by atoms with E-state index in [1.54, 1.807) is 11.1 Å². The van der Waals surface area contributed by atoms with Crippen molar-refractivity contribution in [2.24, 2.45) is 16.9 Å². The zero-order chi connectivity index (χ0) is 16.8. The Hall–Kier alpha value is -2.37. The van der Waals surface area contributed by atoms with E-state index >= 15 is 0 Å². The average molecular weight is 316 g/mol. The molecule has 1 aliphatic rings. The van der Waals surface area contributed by atoms with Crippen LogP contribution in [0.3, 0.4) is 0 Å². The van der Waals surface area contributed by atoms with Gasteiger partial charge in [-0.3, -0.25) is 9.59 Å². The Bertz CT molecular complexity index is 583. The van der Waals surface area contributed by atoms with Crippen LogP contribution in [-0.2, 0) is 9.59 Å². The zero-order valence-corrected chi connectivity index (χ0v) is 13.7. The van der Waals surface area contributed by atoms with Gasteiger partial charge in [-0.1, -0.05) is 19.1 Å². The van der Waals surface area contributed by atoms with Crippen molar-refractivity contribution in [3.63, 3.8) is 0 Å². The van der Waals surface area contributed by atoms with E-state index in [0.717, 1.165) is 17.7 Å². The fourth-order valence-corrected chi connectivity index (χ4v) is 2.67. The Morgan fingerprint density at radius 3 is 2.78 bits per heavy atom. The van der Waals surface area contributed by atoms with Crippen LogP contribution >= 0.6 is 0 Å². The standard InChI is InChI=1S/C17H24N4O2/c1-3-12(2)20-16(22)10-14-8-9-21(17(14)23)15-6-4-13(5-7-15)11-19-18/h4-7,11-12,14H,3,8-10,18H2,1-2H3,(H,20,22). The molecule has 1 aromatic rings. The highest BCUT2D eigenvalue weighted by Gasteiger charge is 2.33. The van der Waals surface area contributed by atoms with Gasteiger partial charge in [-0.05, 0) is 37.5 Å². The lowest BCUT2D eigenvalue weighted by atomic mass is 10.0. The summed E-state index contributed by atoms with van der Waals surface area (Å²) in [5.74, 6) is 4.86. The normalized spacial score (nSPS) is 19.3. The molecular formula is C17H24N4O2. The van der Waals surface area contributed by atoms with E-state index in [0.29, 0.717) is 13.0 Å². The monoisotopic (exact) mass is 316 g/mol. The molecule has 0 radical (unpaired) electrons. The first-order valence-electron chi connectivity index (χ1n) is 7.99. The number of rotatable bonds is 6. The predicted octanol–water partition coefficient (Wildman–Crippen LogP) is 1.64. The molecule has 0 spiro atoms. The number of carbonyl (C=O) groups is 2. The Morgan fingerprint density at radius 2 is 2.17 bits per heavy atom. The second kappa shape index (κ2) is 7.76. The highest BCUT2D eigenvalue weighted by atomic mass is 16.2. The highest BCUT2D eigenvalue weighted by Crippen LogP contribution is 2.27. The second-order valence-electron chi connectivity index (χ2n) is 5.93. The Morgan fingerprint density at radius 1 is 1.48 bits per heavy atom. The van der Waals surface area contributed by atoms with Gasteiger partial charge < -0.3 is 16.1 Å². The second-order valence-corrected chi connectivity index (χ2v) is 5.93. The van der Waals surface area contributed by atoms with Crippen molar-refractivity contribution in [3.05, 3.63) is 29.8 Å². The van der Waals surface area contributed by atoms with Gasteiger partial charge in [0.2, 0.25) is 11.8 Å². The summed E-state index contributed by atoms with van der Waals surface area (Å²) >= 11 is 0. The van der Waals surface area contributed by atoms with Crippen molar-refractivity contribution in [2.45, 2.75) is 39.2 Å². The van der Waals surface area contributed by atoms with Gasteiger partial charge in [-0.25, -0.2) is 0 Å². The van der Waals surface area contributed by atoms with Crippen LogP contribution in [0.4, 0.5) is 5.69 Å². The van der Waals surface area contributed by atoms with E-state index in [1.807, 2.05) is 38.1 Å². The molecule has 0 bridgehead atoms. The van der Waals surface area contributed by atoms with Gasteiger partial charge in [0.05, 0.1) is 6.21 Å². The molecule has 1 aliphatic heterocycles. The van der Waals surface area contributed by atoms with Crippen molar-refractivity contribution in [1.29, 1.82) is 0 Å². The summed E-state index contributed by atoms with van der Waals surface area (Å²) < 4.78 is 0. The third-order valence-electron chi connectivity index (χ3n) is 4.20. The number of hydrogen-bond donors (Lipinski definition) is 2. The number of amides is 2. The molecule has 2 rings (SSSR count). The van der Waals surface area contributed by atoms with Crippen molar-refractivity contribution in [1.82, 2.24) is 5.32 Å². The first kappa shape index (κ1) is 17.0. The number of benzene rings is 1. The first-order chi connectivity index (χ1) is 11.0. The summed E-state index contributed by atoms with van der Waals surface area (Å²) in [7, 11) is 0. The molecule has 2 amide bonds. The van der Waals surface area contributed by atoms with E-state index in [2.05, 4.69) is 10.4 Å². The average Bonchev–Trinajstić information content (AvgIpc) is 2.89. The maximum Gasteiger partial charge on any atom is 0.230 e. The fourth-order valence-electron chi connectivity index (χ4n) is 2.67. The zero-order valence-electron chi connectivity index (χ0n) is 13.7. The van der Waals surface area contributed by atoms with Gasteiger partial charge in [0.1, 0.15) is 0 Å². The molecule has 3 N–H and O–H groups in total. The number of hydrogen-bond acceptors (Lipinski definition) is 4. The van der Waals surface area contributed by atoms with Crippen LogP contribution in [0.5, 0.6) is 0 Å². The van der Waals surface area contributed by atoms with E-state index in [4.69, 9.17) is 5.84 Å². The van der Waals surface area contributed by atoms with E-state index in [-0.39, 0.29) is 30.2 Å². The molecular weight excluding hydrogens is 292 g/mol. The van der Waals surface area contributed by atoms with Crippen LogP contribution in [0.1, 0.15) is 38.7 Å². The molecule has 23 heavy (non-hydrogen) atoms. The van der Waals surface area contributed by atoms with Crippen LogP contribution in [0.2, 0.25) is 0 Å². The molecule has 0 aromatic heterocycles. The number of carbonyl (C=O) groups excluding carboxylic acids is 2. The van der Waals surface area contributed by atoms with Crippen LogP contribution in [-0.4, -0.2) is 30.6 Å². The Kier molecular flexibility index (Phi) is 5.73. The minimum absolute atomic E-state index is 0.0181. The fraction of sp³-hybridized carbons (Fsp3) is 0.471. The number of hydrazone groups is 1. The van der Waals surface area contributed by atoms with Gasteiger partial charge >= 0.3 is 0 Å². The van der Waals surface area contributed by atoms with Crippen LogP contribution in [0.25, 0.3) is 0 Å². The van der Waals surface area contributed by atoms with Crippen LogP contribution in [0, 0.1) is 5.92 Å². The third kappa shape index (κ3) is 4.31. The maximum absolute atomic E-state index is 12.5. The summed E-state index contributed by atoms with van der Waals surface area (Å²) in [5, 5.41) is 6.39. The lowest BCUT2D eigenvalue weighted by Crippen LogP contribution is -2.35. The van der Waals surface area contributed by atoms with Gasteiger partial charge in [0.25, 0.3) is 0 Å². The molecule has 6 heteroatoms. The van der Waals surface area contributed by atoms with E-state index in [1.165, 1.54) is 0 Å². The van der Waals surface area contributed by atoms with Crippen molar-refractivity contribution >= 4 is 23.7 Å². The molecule has 1 aromatic carbocycles. The molecule has 1 fully saturated rings. The van der Waals surface area contributed by atoms with Gasteiger partial charge in [-0.2, -0.15) is 5.10 Å². The molecule has 1 heterocycles. The number of nitrogens with zero attached hydrogens (tertiary/aromatic N) is 2. The first-order valence-corrected chi connectivity index (χ1v) is 7.99. The summed E-state index contributed by atoms with van der Waals surface area (Å²) in [4.78, 5) is 26.2. The van der Waals surface area contributed by atoms with Crippen LogP contribution in [0.15, 0.2) is 29.4 Å². The summed E-state index contributed by atoms with van der Waals surface area (Å²) in [5.41, 5.74) is 1.72. The number of nitrogens with one attached hydrogen (secondary N) is 1. The van der Waals surface area contributed by atoms with Gasteiger partial charge in [-0.15, -0.1) is 0 Å². The SMILES string of the molecule is CCC(C)NC(=O)CC1CCN(c2ccc(C=NN)cc2)C1=O. The Labute approximate surface area is 136 Å². The lowest BCUT2D eigenvalue weighted by Gasteiger charge is -2.17. The minimum atomic E-state index is -0.232. The van der Waals surface area contributed by atoms with Crippen molar-refractivity contribution in [2.75, 3.05) is 11.4 Å².